The second-order valence-corrected chi connectivity index (χ2v) is 5.14. The van der Waals surface area contributed by atoms with Crippen LogP contribution in [0.4, 0.5) is 0 Å². The Bertz CT molecular complexity index is 437. The fraction of sp³-hybridized carbons (Fsp3) is 0.600. The number of rotatable bonds is 10. The summed E-state index contributed by atoms with van der Waals surface area (Å²) in [6, 6.07) is 1.86. The minimum Gasteiger partial charge on any atom is -0.467 e. The Hall–Kier alpha value is -0.820. The average Bonchev–Trinajstić information content (AvgIpc) is 2.50. The molecule has 0 N–H and O–H groups in total. The molecule has 0 saturated heterocycles. The highest BCUT2D eigenvalue weighted by atomic mass is 79.9. The average molecular weight is 363 g/mol. The fourth-order valence-electron chi connectivity index (χ4n) is 2.03. The van der Waals surface area contributed by atoms with Crippen molar-refractivity contribution in [1.82, 2.24) is 0 Å². The molecule has 0 heterocycles. The van der Waals surface area contributed by atoms with Crippen molar-refractivity contribution in [2.45, 2.75) is 19.8 Å². The maximum Gasteiger partial charge on any atom is 0.188 e. The Kier molecular flexibility index (Phi) is 8.68. The van der Waals surface area contributed by atoms with Gasteiger partial charge in [-0.05, 0) is 39.9 Å². The maximum atomic E-state index is 5.67. The predicted molar refractivity (Wildman–Crippen MR) is 84.1 cm³/mol. The summed E-state index contributed by atoms with van der Waals surface area (Å²) in [6.07, 6.45) is 1.62. The van der Waals surface area contributed by atoms with Gasteiger partial charge in [-0.1, -0.05) is 6.92 Å². The number of hydrogen-bond acceptors (Lipinski definition) is 5. The Morgan fingerprint density at radius 1 is 0.905 bits per heavy atom. The summed E-state index contributed by atoms with van der Waals surface area (Å²) < 4.78 is 27.3. The van der Waals surface area contributed by atoms with Gasteiger partial charge in [-0.2, -0.15) is 0 Å². The molecule has 0 aliphatic heterocycles. The first-order valence-corrected chi connectivity index (χ1v) is 7.55. The van der Waals surface area contributed by atoms with Crippen molar-refractivity contribution in [3.8, 4) is 11.5 Å². The molecule has 0 spiro atoms. The third-order valence-electron chi connectivity index (χ3n) is 2.98. The smallest absolute Gasteiger partial charge is 0.188 e. The van der Waals surface area contributed by atoms with Crippen molar-refractivity contribution in [2.75, 3.05) is 41.5 Å². The van der Waals surface area contributed by atoms with Crippen molar-refractivity contribution in [3.05, 3.63) is 21.7 Å². The number of benzene rings is 1. The van der Waals surface area contributed by atoms with Crippen LogP contribution in [0, 0.1) is 0 Å². The second-order valence-electron chi connectivity index (χ2n) is 4.34. The van der Waals surface area contributed by atoms with Crippen LogP contribution in [-0.4, -0.2) is 41.5 Å². The molecule has 0 aromatic heterocycles. The van der Waals surface area contributed by atoms with Gasteiger partial charge >= 0.3 is 0 Å². The summed E-state index contributed by atoms with van der Waals surface area (Å²) in [5.74, 6) is 1.45. The van der Waals surface area contributed by atoms with Crippen molar-refractivity contribution in [2.24, 2.45) is 0 Å². The van der Waals surface area contributed by atoms with Gasteiger partial charge in [0.1, 0.15) is 11.5 Å². The second kappa shape index (κ2) is 10.00. The van der Waals surface area contributed by atoms with E-state index in [1.54, 1.807) is 21.3 Å². The van der Waals surface area contributed by atoms with Crippen molar-refractivity contribution in [3.63, 3.8) is 0 Å². The molecule has 1 rings (SSSR count). The summed E-state index contributed by atoms with van der Waals surface area (Å²) in [6.45, 7) is 3.09. The van der Waals surface area contributed by atoms with E-state index in [0.29, 0.717) is 12.4 Å². The first kappa shape index (κ1) is 18.2. The molecule has 0 aliphatic carbocycles. The molecule has 5 nitrogen and oxygen atoms in total. The molecule has 6 heteroatoms. The van der Waals surface area contributed by atoms with Crippen LogP contribution >= 0.6 is 15.9 Å². The summed E-state index contributed by atoms with van der Waals surface area (Å²) in [7, 11) is 4.87. The molecule has 120 valence electrons. The monoisotopic (exact) mass is 362 g/mol. The zero-order valence-corrected chi connectivity index (χ0v) is 14.6. The summed E-state index contributed by atoms with van der Waals surface area (Å²) >= 11 is 3.61. The van der Waals surface area contributed by atoms with Crippen LogP contribution in [0.2, 0.25) is 0 Å². The fourth-order valence-corrected chi connectivity index (χ4v) is 2.70. The minimum absolute atomic E-state index is 0.178. The molecule has 0 fully saturated rings. The van der Waals surface area contributed by atoms with Gasteiger partial charge in [-0.25, -0.2) is 0 Å². The first-order valence-electron chi connectivity index (χ1n) is 6.76. The van der Waals surface area contributed by atoms with Crippen molar-refractivity contribution < 1.29 is 23.7 Å². The van der Waals surface area contributed by atoms with Gasteiger partial charge in [-0.3, -0.25) is 0 Å². The van der Waals surface area contributed by atoms with Gasteiger partial charge in [0.25, 0.3) is 0 Å². The lowest BCUT2D eigenvalue weighted by Gasteiger charge is -2.19. The van der Waals surface area contributed by atoms with Crippen LogP contribution in [0.3, 0.4) is 0 Å². The topological polar surface area (TPSA) is 46.2 Å². The number of ether oxygens (including phenoxy) is 5. The van der Waals surface area contributed by atoms with Gasteiger partial charge in [0.05, 0.1) is 11.1 Å². The maximum absolute atomic E-state index is 5.67. The largest absolute Gasteiger partial charge is 0.467 e. The molecule has 0 bridgehead atoms. The highest BCUT2D eigenvalue weighted by molar-refractivity contribution is 9.10. The molecule has 21 heavy (non-hydrogen) atoms. The Labute approximate surface area is 134 Å². The van der Waals surface area contributed by atoms with Crippen LogP contribution in [0.25, 0.3) is 0 Å². The molecular weight excluding hydrogens is 340 g/mol. The normalized spacial score (nSPS) is 10.7. The molecule has 0 unspecified atom stereocenters. The lowest BCUT2D eigenvalue weighted by atomic mass is 10.0. The molecule has 0 atom stereocenters. The molecule has 0 amide bonds. The molecule has 0 saturated carbocycles. The standard InChI is InChI=1S/C15H23BrO5/c1-5-11-12(6-7-17-2)15(16)14(21-10-19-4)8-13(11)20-9-18-3/h8H,5-7,9-10H2,1-4H3. The zero-order chi connectivity index (χ0) is 15.7. The van der Waals surface area contributed by atoms with E-state index in [1.165, 1.54) is 0 Å². The Morgan fingerprint density at radius 3 is 2.05 bits per heavy atom. The van der Waals surface area contributed by atoms with Crippen LogP contribution in [0.15, 0.2) is 10.5 Å². The van der Waals surface area contributed by atoms with E-state index >= 15 is 0 Å². The van der Waals surface area contributed by atoms with Crippen LogP contribution in [-0.2, 0) is 27.1 Å². The predicted octanol–water partition coefficient (Wildman–Crippen LogP) is 3.17. The summed E-state index contributed by atoms with van der Waals surface area (Å²) in [5.41, 5.74) is 2.25. The Morgan fingerprint density at radius 2 is 1.52 bits per heavy atom. The minimum atomic E-state index is 0.178. The van der Waals surface area contributed by atoms with Gasteiger partial charge in [0.15, 0.2) is 13.6 Å². The molecule has 1 aromatic rings. The van der Waals surface area contributed by atoms with E-state index in [-0.39, 0.29) is 13.6 Å². The van der Waals surface area contributed by atoms with E-state index < -0.39 is 0 Å². The number of methoxy groups -OCH3 is 3. The molecule has 1 aromatic carbocycles. The SMILES string of the molecule is CCc1c(OCOC)cc(OCOC)c(Br)c1CCOC. The van der Waals surface area contributed by atoms with Crippen LogP contribution < -0.4 is 9.47 Å². The van der Waals surface area contributed by atoms with Gasteiger partial charge in [-0.15, -0.1) is 0 Å². The van der Waals surface area contributed by atoms with E-state index in [9.17, 15) is 0 Å². The van der Waals surface area contributed by atoms with Crippen LogP contribution in [0.5, 0.6) is 11.5 Å². The third kappa shape index (κ3) is 5.14. The van der Waals surface area contributed by atoms with Crippen molar-refractivity contribution in [1.29, 1.82) is 0 Å². The van der Waals surface area contributed by atoms with Gasteiger partial charge in [0, 0.05) is 27.4 Å². The van der Waals surface area contributed by atoms with Crippen LogP contribution in [0.1, 0.15) is 18.1 Å². The molecule has 0 aliphatic rings. The van der Waals surface area contributed by atoms with Gasteiger partial charge < -0.3 is 23.7 Å². The summed E-state index contributed by atoms with van der Waals surface area (Å²) in [5, 5.41) is 0. The lowest BCUT2D eigenvalue weighted by molar-refractivity contribution is 0.0451. The van der Waals surface area contributed by atoms with E-state index in [2.05, 4.69) is 22.9 Å². The van der Waals surface area contributed by atoms with E-state index in [4.69, 9.17) is 23.7 Å². The summed E-state index contributed by atoms with van der Waals surface area (Å²) in [4.78, 5) is 0. The Balaban J connectivity index is 3.20. The third-order valence-corrected chi connectivity index (χ3v) is 3.85. The van der Waals surface area contributed by atoms with E-state index in [1.807, 2.05) is 6.07 Å². The number of hydrogen-bond donors (Lipinski definition) is 0. The zero-order valence-electron chi connectivity index (χ0n) is 13.0. The number of halogens is 1. The molecule has 0 radical (unpaired) electrons. The van der Waals surface area contributed by atoms with Gasteiger partial charge in [0.2, 0.25) is 0 Å². The molecular formula is C15H23BrO5. The van der Waals surface area contributed by atoms with E-state index in [0.717, 1.165) is 34.2 Å². The van der Waals surface area contributed by atoms with Crippen molar-refractivity contribution >= 4 is 15.9 Å². The lowest BCUT2D eigenvalue weighted by Crippen LogP contribution is -2.09. The highest BCUT2D eigenvalue weighted by Crippen LogP contribution is 2.38. The highest BCUT2D eigenvalue weighted by Gasteiger charge is 2.17. The quantitative estimate of drug-likeness (QED) is 0.598. The first-order chi connectivity index (χ1) is 10.2.